The van der Waals surface area contributed by atoms with E-state index in [-0.39, 0.29) is 18.3 Å². The Morgan fingerprint density at radius 2 is 1.86 bits per heavy atom. The van der Waals surface area contributed by atoms with Crippen LogP contribution in [0.2, 0.25) is 0 Å². The molecule has 1 aromatic carbocycles. The summed E-state index contributed by atoms with van der Waals surface area (Å²) in [4.78, 5) is 11.8. The third-order valence-electron chi connectivity index (χ3n) is 3.04. The van der Waals surface area contributed by atoms with E-state index < -0.39 is 0 Å². The van der Waals surface area contributed by atoms with Crippen LogP contribution in [-0.4, -0.2) is 26.7 Å². The molecule has 0 saturated heterocycles. The molecule has 3 N–H and O–H groups in total. The number of rotatable bonds is 9. The first kappa shape index (κ1) is 19.5. The number of amides is 1. The Morgan fingerprint density at radius 3 is 2.48 bits per heavy atom. The van der Waals surface area contributed by atoms with Crippen molar-refractivity contribution in [3.05, 3.63) is 18.2 Å². The van der Waals surface area contributed by atoms with E-state index in [1.807, 2.05) is 0 Å². The van der Waals surface area contributed by atoms with Crippen LogP contribution in [0.15, 0.2) is 18.2 Å². The van der Waals surface area contributed by atoms with Crippen LogP contribution in [0.1, 0.15) is 32.1 Å². The Labute approximate surface area is 132 Å². The molecule has 0 aliphatic heterocycles. The van der Waals surface area contributed by atoms with E-state index in [1.165, 1.54) is 0 Å². The molecule has 0 aromatic heterocycles. The number of methoxy groups -OCH3 is 2. The maximum absolute atomic E-state index is 11.8. The molecule has 0 bridgehead atoms. The summed E-state index contributed by atoms with van der Waals surface area (Å²) in [6.45, 7) is 0.718. The van der Waals surface area contributed by atoms with E-state index in [0.717, 1.165) is 32.2 Å². The van der Waals surface area contributed by atoms with Gasteiger partial charge in [-0.15, -0.1) is 12.4 Å². The summed E-state index contributed by atoms with van der Waals surface area (Å²) in [5.41, 5.74) is 6.09. The normalized spacial score (nSPS) is 9.67. The number of anilines is 1. The highest BCUT2D eigenvalue weighted by Crippen LogP contribution is 2.29. The van der Waals surface area contributed by atoms with E-state index in [2.05, 4.69) is 5.32 Å². The number of hydrogen-bond donors (Lipinski definition) is 2. The Hall–Kier alpha value is -1.46. The van der Waals surface area contributed by atoms with Gasteiger partial charge < -0.3 is 20.5 Å². The highest BCUT2D eigenvalue weighted by molar-refractivity contribution is 5.92. The molecule has 0 aliphatic carbocycles. The second kappa shape index (κ2) is 11.2. The largest absolute Gasteiger partial charge is 0.497 e. The van der Waals surface area contributed by atoms with E-state index >= 15 is 0 Å². The highest BCUT2D eigenvalue weighted by Gasteiger charge is 2.08. The second-order valence-electron chi connectivity index (χ2n) is 4.57. The molecule has 0 atom stereocenters. The van der Waals surface area contributed by atoms with E-state index in [4.69, 9.17) is 15.2 Å². The molecule has 1 rings (SSSR count). The lowest BCUT2D eigenvalue weighted by molar-refractivity contribution is -0.116. The number of halogens is 1. The van der Waals surface area contributed by atoms with Crippen molar-refractivity contribution in [1.29, 1.82) is 0 Å². The molecule has 0 unspecified atom stereocenters. The van der Waals surface area contributed by atoms with Gasteiger partial charge >= 0.3 is 0 Å². The van der Waals surface area contributed by atoms with Gasteiger partial charge in [0, 0.05) is 12.5 Å². The summed E-state index contributed by atoms with van der Waals surface area (Å²) in [5, 5.41) is 2.86. The fourth-order valence-electron chi connectivity index (χ4n) is 1.90. The van der Waals surface area contributed by atoms with Crippen molar-refractivity contribution in [2.45, 2.75) is 32.1 Å². The minimum Gasteiger partial charge on any atom is -0.497 e. The SMILES string of the molecule is COc1ccc(NC(=O)CCCCCCN)c(OC)c1.Cl. The van der Waals surface area contributed by atoms with Gasteiger partial charge in [0.25, 0.3) is 0 Å². The fraction of sp³-hybridized carbons (Fsp3) is 0.533. The van der Waals surface area contributed by atoms with Crippen LogP contribution in [0.4, 0.5) is 5.69 Å². The summed E-state index contributed by atoms with van der Waals surface area (Å²) in [6, 6.07) is 5.32. The molecule has 1 aromatic rings. The molecular weight excluding hydrogens is 292 g/mol. The Bertz CT molecular complexity index is 427. The van der Waals surface area contributed by atoms with Gasteiger partial charge in [0.05, 0.1) is 19.9 Å². The van der Waals surface area contributed by atoms with Crippen molar-refractivity contribution < 1.29 is 14.3 Å². The summed E-state index contributed by atoms with van der Waals surface area (Å²) in [7, 11) is 3.16. The van der Waals surface area contributed by atoms with Gasteiger partial charge in [-0.2, -0.15) is 0 Å². The summed E-state index contributed by atoms with van der Waals surface area (Å²) in [6.07, 6.45) is 4.53. The number of hydrogen-bond acceptors (Lipinski definition) is 4. The topological polar surface area (TPSA) is 73.6 Å². The van der Waals surface area contributed by atoms with Crippen LogP contribution in [0.25, 0.3) is 0 Å². The van der Waals surface area contributed by atoms with Gasteiger partial charge in [-0.05, 0) is 31.5 Å². The molecule has 0 fully saturated rings. The Kier molecular flexibility index (Phi) is 10.4. The van der Waals surface area contributed by atoms with Crippen LogP contribution >= 0.6 is 12.4 Å². The molecular formula is C15H25ClN2O3. The maximum atomic E-state index is 11.8. The number of benzene rings is 1. The molecule has 0 saturated carbocycles. The van der Waals surface area contributed by atoms with Crippen molar-refractivity contribution in [3.63, 3.8) is 0 Å². The number of ether oxygens (including phenoxy) is 2. The first-order valence-electron chi connectivity index (χ1n) is 6.93. The lowest BCUT2D eigenvalue weighted by Crippen LogP contribution is -2.12. The molecule has 0 aliphatic rings. The van der Waals surface area contributed by atoms with Crippen molar-refractivity contribution in [3.8, 4) is 11.5 Å². The summed E-state index contributed by atoms with van der Waals surface area (Å²) >= 11 is 0. The zero-order valence-electron chi connectivity index (χ0n) is 12.7. The fourth-order valence-corrected chi connectivity index (χ4v) is 1.90. The number of unbranched alkanes of at least 4 members (excludes halogenated alkanes) is 3. The van der Waals surface area contributed by atoms with Crippen molar-refractivity contribution >= 4 is 24.0 Å². The van der Waals surface area contributed by atoms with Gasteiger partial charge in [0.2, 0.25) is 5.91 Å². The first-order chi connectivity index (χ1) is 9.71. The number of nitrogens with two attached hydrogens (primary N) is 1. The Balaban J connectivity index is 0.00000400. The molecule has 0 spiro atoms. The molecule has 1 amide bonds. The second-order valence-corrected chi connectivity index (χ2v) is 4.57. The zero-order chi connectivity index (χ0) is 14.8. The average Bonchev–Trinajstić information content (AvgIpc) is 2.47. The van der Waals surface area contributed by atoms with E-state index in [9.17, 15) is 4.79 Å². The molecule has 0 heterocycles. The first-order valence-corrected chi connectivity index (χ1v) is 6.93. The number of carbonyl (C=O) groups is 1. The zero-order valence-corrected chi connectivity index (χ0v) is 13.5. The molecule has 120 valence electrons. The minimum atomic E-state index is 0. The maximum Gasteiger partial charge on any atom is 0.224 e. The van der Waals surface area contributed by atoms with Crippen LogP contribution < -0.4 is 20.5 Å². The summed E-state index contributed by atoms with van der Waals surface area (Å²) in [5.74, 6) is 1.30. The van der Waals surface area contributed by atoms with Crippen LogP contribution in [0.3, 0.4) is 0 Å². The van der Waals surface area contributed by atoms with Crippen molar-refractivity contribution in [2.24, 2.45) is 5.73 Å². The van der Waals surface area contributed by atoms with Gasteiger partial charge in [-0.1, -0.05) is 12.8 Å². The van der Waals surface area contributed by atoms with Gasteiger partial charge in [-0.3, -0.25) is 4.79 Å². The third-order valence-corrected chi connectivity index (χ3v) is 3.04. The molecule has 21 heavy (non-hydrogen) atoms. The quantitative estimate of drug-likeness (QED) is 0.687. The lowest BCUT2D eigenvalue weighted by atomic mass is 10.1. The standard InChI is InChI=1S/C15H24N2O3.ClH/c1-19-12-8-9-13(14(11-12)20-2)17-15(18)7-5-3-4-6-10-16;/h8-9,11H,3-7,10,16H2,1-2H3,(H,17,18);1H. The lowest BCUT2D eigenvalue weighted by Gasteiger charge is -2.11. The molecule has 0 radical (unpaired) electrons. The predicted octanol–water partition coefficient (Wildman–Crippen LogP) is 2.97. The minimum absolute atomic E-state index is 0. The van der Waals surface area contributed by atoms with Crippen molar-refractivity contribution in [1.82, 2.24) is 0 Å². The van der Waals surface area contributed by atoms with Crippen LogP contribution in [0, 0.1) is 0 Å². The molecule has 5 nitrogen and oxygen atoms in total. The highest BCUT2D eigenvalue weighted by atomic mass is 35.5. The monoisotopic (exact) mass is 316 g/mol. The predicted molar refractivity (Wildman–Crippen MR) is 87.6 cm³/mol. The van der Waals surface area contributed by atoms with Crippen LogP contribution in [-0.2, 0) is 4.79 Å². The van der Waals surface area contributed by atoms with Crippen LogP contribution in [0.5, 0.6) is 11.5 Å². The van der Waals surface area contributed by atoms with Gasteiger partial charge in [-0.25, -0.2) is 0 Å². The summed E-state index contributed by atoms with van der Waals surface area (Å²) < 4.78 is 10.4. The van der Waals surface area contributed by atoms with Gasteiger partial charge in [0.1, 0.15) is 11.5 Å². The van der Waals surface area contributed by atoms with E-state index in [1.54, 1.807) is 32.4 Å². The average molecular weight is 317 g/mol. The third kappa shape index (κ3) is 7.20. The van der Waals surface area contributed by atoms with Crippen molar-refractivity contribution in [2.75, 3.05) is 26.1 Å². The smallest absolute Gasteiger partial charge is 0.224 e. The molecule has 6 heteroatoms. The Morgan fingerprint density at radius 1 is 1.14 bits per heavy atom. The number of carbonyl (C=O) groups excluding carboxylic acids is 1. The van der Waals surface area contributed by atoms with E-state index in [0.29, 0.717) is 23.6 Å². The van der Waals surface area contributed by atoms with Gasteiger partial charge in [0.15, 0.2) is 0 Å². The number of nitrogens with one attached hydrogen (secondary N) is 1.